The summed E-state index contributed by atoms with van der Waals surface area (Å²) in [5.74, 6) is 1.23. The highest BCUT2D eigenvalue weighted by molar-refractivity contribution is 6.35. The fourth-order valence-electron chi connectivity index (χ4n) is 1.93. The molecule has 2 aromatic rings. The molecule has 2 atom stereocenters. The van der Waals surface area contributed by atoms with Gasteiger partial charge in [-0.25, -0.2) is 4.98 Å². The SMILES string of the molecule is CC(=O)CC(O)C(C)Oc1ccc(Oc2ncc(Cl)cc2Cl)cc1. The fourth-order valence-corrected chi connectivity index (χ4v) is 2.35. The zero-order valence-electron chi connectivity index (χ0n) is 13.2. The Labute approximate surface area is 150 Å². The summed E-state index contributed by atoms with van der Waals surface area (Å²) in [4.78, 5) is 15.0. The number of ether oxygens (including phenoxy) is 2. The molecule has 1 N–H and O–H groups in total. The van der Waals surface area contributed by atoms with Crippen LogP contribution in [0.5, 0.6) is 17.4 Å². The van der Waals surface area contributed by atoms with Crippen molar-refractivity contribution in [3.8, 4) is 17.4 Å². The van der Waals surface area contributed by atoms with E-state index in [-0.39, 0.29) is 18.1 Å². The van der Waals surface area contributed by atoms with Crippen molar-refractivity contribution in [2.24, 2.45) is 0 Å². The van der Waals surface area contributed by atoms with Crippen LogP contribution in [-0.2, 0) is 4.79 Å². The lowest BCUT2D eigenvalue weighted by atomic mass is 10.1. The number of halogens is 2. The second-order valence-corrected chi connectivity index (χ2v) is 6.15. The summed E-state index contributed by atoms with van der Waals surface area (Å²) in [6.07, 6.45) is 0.144. The number of Topliss-reactive ketones (excluding diaryl/α,β-unsaturated/α-hetero) is 1. The van der Waals surface area contributed by atoms with E-state index in [2.05, 4.69) is 4.98 Å². The quantitative estimate of drug-likeness (QED) is 0.788. The summed E-state index contributed by atoms with van der Waals surface area (Å²) < 4.78 is 11.2. The highest BCUT2D eigenvalue weighted by Crippen LogP contribution is 2.30. The van der Waals surface area contributed by atoms with Crippen LogP contribution >= 0.6 is 23.2 Å². The average Bonchev–Trinajstić information content (AvgIpc) is 2.51. The van der Waals surface area contributed by atoms with Gasteiger partial charge in [-0.1, -0.05) is 23.2 Å². The summed E-state index contributed by atoms with van der Waals surface area (Å²) >= 11 is 11.8. The topological polar surface area (TPSA) is 68.7 Å². The van der Waals surface area contributed by atoms with Crippen LogP contribution in [0.3, 0.4) is 0 Å². The van der Waals surface area contributed by atoms with E-state index in [1.165, 1.54) is 13.1 Å². The van der Waals surface area contributed by atoms with Gasteiger partial charge in [0.2, 0.25) is 5.88 Å². The Hall–Kier alpha value is -1.82. The van der Waals surface area contributed by atoms with E-state index >= 15 is 0 Å². The number of rotatable bonds is 7. The van der Waals surface area contributed by atoms with Crippen molar-refractivity contribution in [1.82, 2.24) is 4.98 Å². The third kappa shape index (κ3) is 5.37. The van der Waals surface area contributed by atoms with Gasteiger partial charge in [0, 0.05) is 12.6 Å². The fraction of sp³-hybridized carbons (Fsp3) is 0.294. The van der Waals surface area contributed by atoms with Crippen molar-refractivity contribution in [2.75, 3.05) is 0 Å². The highest BCUT2D eigenvalue weighted by atomic mass is 35.5. The number of carbonyl (C=O) groups excluding carboxylic acids is 1. The van der Waals surface area contributed by atoms with E-state index in [1.807, 2.05) is 0 Å². The number of aromatic nitrogens is 1. The van der Waals surface area contributed by atoms with E-state index in [9.17, 15) is 9.90 Å². The van der Waals surface area contributed by atoms with Crippen molar-refractivity contribution in [3.05, 3.63) is 46.6 Å². The Morgan fingerprint density at radius 2 is 1.88 bits per heavy atom. The van der Waals surface area contributed by atoms with Gasteiger partial charge >= 0.3 is 0 Å². The van der Waals surface area contributed by atoms with Crippen LogP contribution in [0.1, 0.15) is 20.3 Å². The first-order valence-corrected chi connectivity index (χ1v) is 8.04. The van der Waals surface area contributed by atoms with Gasteiger partial charge in [-0.3, -0.25) is 4.79 Å². The first kappa shape index (κ1) is 18.5. The molecule has 0 fully saturated rings. The van der Waals surface area contributed by atoms with Gasteiger partial charge in [0.15, 0.2) is 0 Å². The molecule has 0 radical (unpaired) electrons. The summed E-state index contributed by atoms with van der Waals surface area (Å²) in [6, 6.07) is 8.30. The van der Waals surface area contributed by atoms with Crippen molar-refractivity contribution in [3.63, 3.8) is 0 Å². The molecule has 0 saturated carbocycles. The van der Waals surface area contributed by atoms with Crippen LogP contribution < -0.4 is 9.47 Å². The molecule has 1 heterocycles. The van der Waals surface area contributed by atoms with Gasteiger partial charge in [-0.15, -0.1) is 0 Å². The molecular formula is C17H17Cl2NO4. The average molecular weight is 370 g/mol. The number of ketones is 1. The molecule has 0 saturated heterocycles. The molecule has 2 rings (SSSR count). The molecule has 0 aliphatic heterocycles. The van der Waals surface area contributed by atoms with E-state index in [0.29, 0.717) is 21.5 Å². The molecule has 0 amide bonds. The molecule has 2 unspecified atom stereocenters. The van der Waals surface area contributed by atoms with Crippen LogP contribution in [0, 0.1) is 0 Å². The first-order chi connectivity index (χ1) is 11.3. The second-order valence-electron chi connectivity index (χ2n) is 5.31. The maximum absolute atomic E-state index is 11.0. The van der Waals surface area contributed by atoms with Gasteiger partial charge in [0.05, 0.1) is 11.1 Å². The number of nitrogens with zero attached hydrogens (tertiary/aromatic N) is 1. The molecule has 0 bridgehead atoms. The lowest BCUT2D eigenvalue weighted by Crippen LogP contribution is -2.30. The lowest BCUT2D eigenvalue weighted by Gasteiger charge is -2.19. The summed E-state index contributed by atoms with van der Waals surface area (Å²) in [5, 5.41) is 10.6. The third-order valence-electron chi connectivity index (χ3n) is 3.17. The maximum Gasteiger partial charge on any atom is 0.238 e. The summed E-state index contributed by atoms with van der Waals surface area (Å²) in [5.41, 5.74) is 0. The van der Waals surface area contributed by atoms with Gasteiger partial charge in [0.25, 0.3) is 0 Å². The molecule has 7 heteroatoms. The molecule has 128 valence electrons. The Morgan fingerprint density at radius 3 is 2.46 bits per heavy atom. The Morgan fingerprint density at radius 1 is 1.25 bits per heavy atom. The number of aliphatic hydroxyl groups excluding tert-OH is 1. The predicted molar refractivity (Wildman–Crippen MR) is 92.2 cm³/mol. The van der Waals surface area contributed by atoms with E-state index < -0.39 is 12.2 Å². The maximum atomic E-state index is 11.0. The number of hydrogen-bond donors (Lipinski definition) is 1. The van der Waals surface area contributed by atoms with E-state index in [1.54, 1.807) is 37.3 Å². The standard InChI is InChI=1S/C17H17Cl2NO4/c1-10(21)7-16(22)11(2)23-13-3-5-14(6-4-13)24-17-15(19)8-12(18)9-20-17/h3-6,8-9,11,16,22H,7H2,1-2H3. The van der Waals surface area contributed by atoms with Crippen LogP contribution in [0.25, 0.3) is 0 Å². The van der Waals surface area contributed by atoms with Gasteiger partial charge in [-0.2, -0.15) is 0 Å². The van der Waals surface area contributed by atoms with Crippen LogP contribution in [0.4, 0.5) is 0 Å². The minimum absolute atomic E-state index is 0.0586. The normalized spacial score (nSPS) is 13.2. The van der Waals surface area contributed by atoms with Crippen molar-refractivity contribution < 1.29 is 19.4 Å². The largest absolute Gasteiger partial charge is 0.488 e. The summed E-state index contributed by atoms with van der Waals surface area (Å²) in [7, 11) is 0. The van der Waals surface area contributed by atoms with Crippen molar-refractivity contribution in [1.29, 1.82) is 0 Å². The van der Waals surface area contributed by atoms with Gasteiger partial charge in [0.1, 0.15) is 28.4 Å². The van der Waals surface area contributed by atoms with E-state index in [4.69, 9.17) is 32.7 Å². The van der Waals surface area contributed by atoms with Crippen LogP contribution in [-0.4, -0.2) is 28.1 Å². The Kier molecular flexibility index (Phi) is 6.43. The zero-order chi connectivity index (χ0) is 17.7. The van der Waals surface area contributed by atoms with Crippen molar-refractivity contribution in [2.45, 2.75) is 32.5 Å². The monoisotopic (exact) mass is 369 g/mol. The first-order valence-electron chi connectivity index (χ1n) is 7.28. The number of benzene rings is 1. The Bertz CT molecular complexity index is 706. The molecule has 0 aliphatic rings. The number of carbonyl (C=O) groups is 1. The molecule has 1 aromatic heterocycles. The minimum atomic E-state index is -0.851. The molecule has 5 nitrogen and oxygen atoms in total. The highest BCUT2D eigenvalue weighted by Gasteiger charge is 2.17. The van der Waals surface area contributed by atoms with E-state index in [0.717, 1.165) is 0 Å². The molecule has 1 aromatic carbocycles. The van der Waals surface area contributed by atoms with Gasteiger partial charge < -0.3 is 14.6 Å². The Balaban J connectivity index is 1.98. The second kappa shape index (κ2) is 8.33. The van der Waals surface area contributed by atoms with Crippen molar-refractivity contribution >= 4 is 29.0 Å². The molecular weight excluding hydrogens is 353 g/mol. The zero-order valence-corrected chi connectivity index (χ0v) is 14.7. The molecule has 24 heavy (non-hydrogen) atoms. The number of hydrogen-bond acceptors (Lipinski definition) is 5. The molecule has 0 aliphatic carbocycles. The summed E-state index contributed by atoms with van der Waals surface area (Å²) in [6.45, 7) is 3.13. The van der Waals surface area contributed by atoms with Gasteiger partial charge in [-0.05, 0) is 44.2 Å². The van der Waals surface area contributed by atoms with Crippen LogP contribution in [0.2, 0.25) is 10.0 Å². The smallest absolute Gasteiger partial charge is 0.238 e. The molecule has 0 spiro atoms. The lowest BCUT2D eigenvalue weighted by molar-refractivity contribution is -0.120. The van der Waals surface area contributed by atoms with Crippen LogP contribution in [0.15, 0.2) is 36.5 Å². The third-order valence-corrected chi connectivity index (χ3v) is 3.65. The number of aliphatic hydroxyl groups is 1. The number of pyridine rings is 1. The predicted octanol–water partition coefficient (Wildman–Crippen LogP) is 4.29. The minimum Gasteiger partial charge on any atom is -0.488 e.